The minimum absolute atomic E-state index is 0.102. The van der Waals surface area contributed by atoms with Crippen LogP contribution in [0.15, 0.2) is 18.5 Å². The Kier molecular flexibility index (Phi) is 3.37. The Balaban J connectivity index is 2.09. The van der Waals surface area contributed by atoms with Crippen LogP contribution < -0.4 is 0 Å². The number of hydrogen-bond donors (Lipinski definition) is 0. The second kappa shape index (κ2) is 4.99. The van der Waals surface area contributed by atoms with E-state index in [0.29, 0.717) is 6.07 Å². The maximum absolute atomic E-state index is 13.9. The first-order valence-electron chi connectivity index (χ1n) is 6.37. The van der Waals surface area contributed by atoms with E-state index < -0.39 is 48.4 Å². The first-order valence-corrected chi connectivity index (χ1v) is 6.37. The summed E-state index contributed by atoms with van der Waals surface area (Å²) in [4.78, 5) is 3.83. The lowest BCUT2D eigenvalue weighted by atomic mass is 9.84. The zero-order chi connectivity index (χ0) is 16.1. The smallest absolute Gasteiger partial charge is 0.249 e. The molecule has 2 unspecified atom stereocenters. The number of nitrogens with zero attached hydrogens (tertiary/aromatic N) is 3. The van der Waals surface area contributed by atoms with Crippen molar-refractivity contribution in [1.29, 1.82) is 0 Å². The molecule has 0 saturated carbocycles. The number of aromatic nitrogens is 3. The Morgan fingerprint density at radius 2 is 1.82 bits per heavy atom. The number of benzene rings is 1. The highest BCUT2D eigenvalue weighted by atomic mass is 19.4. The molecule has 1 aliphatic rings. The van der Waals surface area contributed by atoms with E-state index in [0.717, 1.165) is 17.1 Å². The highest BCUT2D eigenvalue weighted by Gasteiger charge is 2.46. The summed E-state index contributed by atoms with van der Waals surface area (Å²) in [6, 6.07) is 1.63. The van der Waals surface area contributed by atoms with Crippen LogP contribution in [0.25, 0.3) is 0 Å². The third-order valence-corrected chi connectivity index (χ3v) is 3.77. The number of alkyl halides is 3. The van der Waals surface area contributed by atoms with Crippen molar-refractivity contribution in [1.82, 2.24) is 14.8 Å². The van der Waals surface area contributed by atoms with Gasteiger partial charge in [-0.15, -0.1) is 0 Å². The van der Waals surface area contributed by atoms with E-state index >= 15 is 0 Å². The van der Waals surface area contributed by atoms with Crippen molar-refractivity contribution < 1.29 is 26.3 Å². The number of hydrogen-bond acceptors (Lipinski definition) is 2. The molecule has 0 saturated heterocycles. The van der Waals surface area contributed by atoms with Gasteiger partial charge in [0.15, 0.2) is 17.5 Å². The first kappa shape index (κ1) is 14.9. The first-order chi connectivity index (χ1) is 10.3. The van der Waals surface area contributed by atoms with Gasteiger partial charge in [0.05, 0.1) is 12.5 Å². The van der Waals surface area contributed by atoms with Gasteiger partial charge in [-0.3, -0.25) is 0 Å². The van der Waals surface area contributed by atoms with E-state index in [4.69, 9.17) is 0 Å². The summed E-state index contributed by atoms with van der Waals surface area (Å²) in [5.41, 5.74) is -0.359. The quantitative estimate of drug-likeness (QED) is 0.595. The van der Waals surface area contributed by atoms with Crippen LogP contribution in [-0.2, 0) is 6.54 Å². The highest BCUT2D eigenvalue weighted by Crippen LogP contribution is 2.42. The van der Waals surface area contributed by atoms with Crippen molar-refractivity contribution in [2.24, 2.45) is 5.92 Å². The molecule has 2 aromatic rings. The van der Waals surface area contributed by atoms with Crippen LogP contribution >= 0.6 is 0 Å². The monoisotopic (exact) mass is 321 g/mol. The van der Waals surface area contributed by atoms with E-state index in [1.54, 1.807) is 0 Å². The van der Waals surface area contributed by atoms with Gasteiger partial charge in [0.2, 0.25) is 0 Å². The highest BCUT2D eigenvalue weighted by molar-refractivity contribution is 5.29. The fraction of sp³-hybridized carbons (Fsp3) is 0.385. The van der Waals surface area contributed by atoms with Gasteiger partial charge in [0.1, 0.15) is 12.2 Å². The van der Waals surface area contributed by atoms with E-state index in [-0.39, 0.29) is 11.4 Å². The molecule has 3 rings (SSSR count). The Morgan fingerprint density at radius 3 is 2.50 bits per heavy atom. The van der Waals surface area contributed by atoms with Crippen LogP contribution in [0.3, 0.4) is 0 Å². The van der Waals surface area contributed by atoms with Crippen molar-refractivity contribution in [3.8, 4) is 0 Å². The SMILES string of the molecule is Fc1ccc(C2CC(C(F)(F)F)Cn3ncnc32)c(F)c1F. The number of halogens is 6. The molecule has 1 aliphatic heterocycles. The van der Waals surface area contributed by atoms with Gasteiger partial charge in [-0.2, -0.15) is 18.3 Å². The molecule has 0 spiro atoms. The normalized spacial score (nSPS) is 21.7. The molecule has 3 nitrogen and oxygen atoms in total. The predicted molar refractivity (Wildman–Crippen MR) is 62.3 cm³/mol. The summed E-state index contributed by atoms with van der Waals surface area (Å²) in [5, 5.41) is 3.68. The van der Waals surface area contributed by atoms with E-state index in [1.807, 2.05) is 0 Å². The lowest BCUT2D eigenvalue weighted by molar-refractivity contribution is -0.184. The van der Waals surface area contributed by atoms with Crippen LogP contribution in [0.5, 0.6) is 0 Å². The van der Waals surface area contributed by atoms with Crippen molar-refractivity contribution in [2.45, 2.75) is 25.1 Å². The molecule has 0 amide bonds. The topological polar surface area (TPSA) is 30.7 Å². The lowest BCUT2D eigenvalue weighted by Crippen LogP contribution is -2.35. The molecule has 0 aliphatic carbocycles. The van der Waals surface area contributed by atoms with E-state index in [9.17, 15) is 26.3 Å². The molecule has 2 heterocycles. The van der Waals surface area contributed by atoms with E-state index in [2.05, 4.69) is 10.1 Å². The zero-order valence-electron chi connectivity index (χ0n) is 10.9. The van der Waals surface area contributed by atoms with Crippen LogP contribution in [0, 0.1) is 23.4 Å². The molecule has 2 atom stereocenters. The minimum Gasteiger partial charge on any atom is -0.249 e. The Bertz CT molecular complexity index is 708. The Labute approximate surface area is 120 Å². The molecule has 1 aromatic heterocycles. The van der Waals surface area contributed by atoms with Crippen molar-refractivity contribution in [2.75, 3.05) is 0 Å². The summed E-state index contributed by atoms with van der Waals surface area (Å²) in [6.07, 6.45) is -3.94. The van der Waals surface area contributed by atoms with Gasteiger partial charge >= 0.3 is 6.18 Å². The maximum Gasteiger partial charge on any atom is 0.393 e. The maximum atomic E-state index is 13.9. The fourth-order valence-corrected chi connectivity index (χ4v) is 2.67. The van der Waals surface area contributed by atoms with Crippen LogP contribution in [-0.4, -0.2) is 20.9 Å². The van der Waals surface area contributed by atoms with Gasteiger partial charge in [0, 0.05) is 11.5 Å². The van der Waals surface area contributed by atoms with Crippen molar-refractivity contribution in [3.63, 3.8) is 0 Å². The average Bonchev–Trinajstić information content (AvgIpc) is 2.92. The van der Waals surface area contributed by atoms with Gasteiger partial charge in [0.25, 0.3) is 0 Å². The molecule has 0 N–H and O–H groups in total. The van der Waals surface area contributed by atoms with Gasteiger partial charge in [-0.1, -0.05) is 6.07 Å². The summed E-state index contributed by atoms with van der Waals surface area (Å²) in [6.45, 7) is -0.430. The van der Waals surface area contributed by atoms with E-state index in [1.165, 1.54) is 0 Å². The minimum atomic E-state index is -4.50. The average molecular weight is 321 g/mol. The third kappa shape index (κ3) is 2.34. The van der Waals surface area contributed by atoms with Crippen LogP contribution in [0.2, 0.25) is 0 Å². The van der Waals surface area contributed by atoms with Crippen LogP contribution in [0.1, 0.15) is 23.7 Å². The third-order valence-electron chi connectivity index (χ3n) is 3.77. The van der Waals surface area contributed by atoms with Gasteiger partial charge in [-0.25, -0.2) is 22.8 Å². The molecule has 0 fully saturated rings. The predicted octanol–water partition coefficient (Wildman–Crippen LogP) is 3.41. The van der Waals surface area contributed by atoms with Gasteiger partial charge in [-0.05, 0) is 12.5 Å². The molecule has 0 radical (unpaired) electrons. The summed E-state index contributed by atoms with van der Waals surface area (Å²) < 4.78 is 80.3. The summed E-state index contributed by atoms with van der Waals surface area (Å²) >= 11 is 0. The molecular formula is C13H9F6N3. The molecular weight excluding hydrogens is 312 g/mol. The van der Waals surface area contributed by atoms with Crippen LogP contribution in [0.4, 0.5) is 26.3 Å². The van der Waals surface area contributed by atoms with Crippen molar-refractivity contribution >= 4 is 0 Å². The lowest BCUT2D eigenvalue weighted by Gasteiger charge is -2.30. The second-order valence-corrected chi connectivity index (χ2v) is 5.09. The summed E-state index contributed by atoms with van der Waals surface area (Å²) in [7, 11) is 0. The van der Waals surface area contributed by atoms with Crippen molar-refractivity contribution in [3.05, 3.63) is 47.3 Å². The molecule has 1 aromatic carbocycles. The Hall–Kier alpha value is -2.06. The molecule has 0 bridgehead atoms. The standard InChI is InChI=1S/C13H9F6N3/c14-9-2-1-7(10(15)11(9)16)8-3-6(13(17,18)19)4-22-12(8)20-5-21-22/h1-2,5-6,8H,3-4H2. The molecule has 9 heteroatoms. The number of rotatable bonds is 1. The zero-order valence-corrected chi connectivity index (χ0v) is 10.9. The molecule has 22 heavy (non-hydrogen) atoms. The Morgan fingerprint density at radius 1 is 1.09 bits per heavy atom. The summed E-state index contributed by atoms with van der Waals surface area (Å²) in [5.74, 6) is -7.41. The number of fused-ring (bicyclic) bond motifs is 1. The van der Waals surface area contributed by atoms with Gasteiger partial charge < -0.3 is 0 Å². The molecule has 118 valence electrons. The fourth-order valence-electron chi connectivity index (χ4n) is 2.67. The second-order valence-electron chi connectivity index (χ2n) is 5.09. The largest absolute Gasteiger partial charge is 0.393 e.